The third-order valence-electron chi connectivity index (χ3n) is 3.54. The van der Waals surface area contributed by atoms with Crippen molar-refractivity contribution in [2.24, 2.45) is 0 Å². The van der Waals surface area contributed by atoms with Gasteiger partial charge in [0.2, 0.25) is 0 Å². The molecule has 2 rings (SSSR count). The molecule has 7 heteroatoms. The van der Waals surface area contributed by atoms with Gasteiger partial charge in [0.05, 0.1) is 17.2 Å². The number of sulfone groups is 1. The van der Waals surface area contributed by atoms with E-state index in [4.69, 9.17) is 0 Å². The minimum Gasteiger partial charge on any atom is -0.306 e. The van der Waals surface area contributed by atoms with Gasteiger partial charge in [-0.3, -0.25) is 4.90 Å². The Kier molecular flexibility index (Phi) is 5.07. The lowest BCUT2D eigenvalue weighted by molar-refractivity contribution is 0.216. The number of thiazole rings is 1. The van der Waals surface area contributed by atoms with Crippen LogP contribution in [0, 0.1) is 0 Å². The van der Waals surface area contributed by atoms with E-state index in [9.17, 15) is 8.42 Å². The van der Waals surface area contributed by atoms with Crippen LogP contribution < -0.4 is 5.32 Å². The molecule has 0 bridgehead atoms. The molecule has 1 atom stereocenters. The van der Waals surface area contributed by atoms with Gasteiger partial charge in [-0.05, 0) is 27.7 Å². The maximum absolute atomic E-state index is 11.6. The van der Waals surface area contributed by atoms with E-state index in [0.29, 0.717) is 6.54 Å². The standard InChI is InChI=1S/C14H25N3O2S2/c1-11-10-21(18,19)6-5-17(11)8-12-9-20-13(16-12)7-15-14(2,3)4/h9,11,15H,5-8,10H2,1-4H3. The highest BCUT2D eigenvalue weighted by Crippen LogP contribution is 2.17. The largest absolute Gasteiger partial charge is 0.306 e. The fraction of sp³-hybridized carbons (Fsp3) is 0.786. The molecule has 0 aliphatic carbocycles. The summed E-state index contributed by atoms with van der Waals surface area (Å²) in [6.07, 6.45) is 0. The fourth-order valence-electron chi connectivity index (χ4n) is 2.32. The van der Waals surface area contributed by atoms with Gasteiger partial charge in [0, 0.05) is 36.6 Å². The van der Waals surface area contributed by atoms with Crippen molar-refractivity contribution < 1.29 is 8.42 Å². The van der Waals surface area contributed by atoms with Crippen molar-refractivity contribution in [3.63, 3.8) is 0 Å². The van der Waals surface area contributed by atoms with Gasteiger partial charge in [-0.25, -0.2) is 13.4 Å². The van der Waals surface area contributed by atoms with Crippen LogP contribution in [0.4, 0.5) is 0 Å². The van der Waals surface area contributed by atoms with E-state index < -0.39 is 9.84 Å². The summed E-state index contributed by atoms with van der Waals surface area (Å²) in [7, 11) is -2.85. The summed E-state index contributed by atoms with van der Waals surface area (Å²) < 4.78 is 23.2. The molecule has 1 unspecified atom stereocenters. The number of aromatic nitrogens is 1. The number of rotatable bonds is 4. The first-order valence-corrected chi connectivity index (χ1v) is 9.97. The van der Waals surface area contributed by atoms with E-state index >= 15 is 0 Å². The van der Waals surface area contributed by atoms with Gasteiger partial charge in [-0.1, -0.05) is 0 Å². The van der Waals surface area contributed by atoms with Crippen molar-refractivity contribution in [1.29, 1.82) is 0 Å². The Hall–Kier alpha value is -0.500. The van der Waals surface area contributed by atoms with Crippen LogP contribution >= 0.6 is 11.3 Å². The molecule has 0 aromatic carbocycles. The zero-order chi connectivity index (χ0) is 15.7. The fourth-order valence-corrected chi connectivity index (χ4v) is 4.67. The van der Waals surface area contributed by atoms with E-state index in [2.05, 4.69) is 41.4 Å². The van der Waals surface area contributed by atoms with Gasteiger partial charge < -0.3 is 5.32 Å². The van der Waals surface area contributed by atoms with Crippen LogP contribution in [0.15, 0.2) is 5.38 Å². The summed E-state index contributed by atoms with van der Waals surface area (Å²) in [5, 5.41) is 6.59. The summed E-state index contributed by atoms with van der Waals surface area (Å²) in [5.74, 6) is 0.523. The predicted molar refractivity (Wildman–Crippen MR) is 87.2 cm³/mol. The highest BCUT2D eigenvalue weighted by Gasteiger charge is 2.28. The molecular weight excluding hydrogens is 306 g/mol. The van der Waals surface area contributed by atoms with Gasteiger partial charge in [0.15, 0.2) is 9.84 Å². The Bertz CT molecular complexity index is 575. The summed E-state index contributed by atoms with van der Waals surface area (Å²) in [6, 6.07) is 0.0709. The van der Waals surface area contributed by atoms with E-state index in [-0.39, 0.29) is 23.1 Å². The van der Waals surface area contributed by atoms with Crippen molar-refractivity contribution in [1.82, 2.24) is 15.2 Å². The van der Waals surface area contributed by atoms with E-state index in [1.165, 1.54) is 0 Å². The molecule has 1 fully saturated rings. The first kappa shape index (κ1) is 16.9. The zero-order valence-electron chi connectivity index (χ0n) is 13.2. The van der Waals surface area contributed by atoms with Crippen LogP contribution in [0.5, 0.6) is 0 Å². The van der Waals surface area contributed by atoms with Gasteiger partial charge in [0.25, 0.3) is 0 Å². The molecule has 1 aromatic heterocycles. The molecule has 0 radical (unpaired) electrons. The van der Waals surface area contributed by atoms with Gasteiger partial charge in [-0.15, -0.1) is 11.3 Å². The lowest BCUT2D eigenvalue weighted by Gasteiger charge is -2.32. The highest BCUT2D eigenvalue weighted by atomic mass is 32.2. The second-order valence-corrected chi connectivity index (χ2v) is 9.94. The smallest absolute Gasteiger partial charge is 0.153 e. The third-order valence-corrected chi connectivity index (χ3v) is 6.23. The number of hydrogen-bond donors (Lipinski definition) is 1. The second-order valence-electron chi connectivity index (χ2n) is 6.77. The molecule has 1 aromatic rings. The lowest BCUT2D eigenvalue weighted by atomic mass is 10.1. The van der Waals surface area contributed by atoms with E-state index in [1.54, 1.807) is 11.3 Å². The summed E-state index contributed by atoms with van der Waals surface area (Å²) in [5.41, 5.74) is 1.12. The molecule has 1 saturated heterocycles. The summed E-state index contributed by atoms with van der Waals surface area (Å²) in [4.78, 5) is 6.85. The zero-order valence-corrected chi connectivity index (χ0v) is 14.9. The Balaban J connectivity index is 1.91. The first-order chi connectivity index (χ1) is 9.65. The number of nitrogens with one attached hydrogen (secondary N) is 1. The van der Waals surface area contributed by atoms with Crippen molar-refractivity contribution in [3.05, 3.63) is 16.1 Å². The number of nitrogens with zero attached hydrogens (tertiary/aromatic N) is 2. The third kappa shape index (κ3) is 5.32. The molecule has 0 spiro atoms. The lowest BCUT2D eigenvalue weighted by Crippen LogP contribution is -2.46. The number of hydrogen-bond acceptors (Lipinski definition) is 6. The molecular formula is C14H25N3O2S2. The van der Waals surface area contributed by atoms with E-state index in [1.807, 2.05) is 6.92 Å². The molecule has 21 heavy (non-hydrogen) atoms. The van der Waals surface area contributed by atoms with Crippen LogP contribution in [-0.2, 0) is 22.9 Å². The van der Waals surface area contributed by atoms with Gasteiger partial charge in [0.1, 0.15) is 5.01 Å². The summed E-state index contributed by atoms with van der Waals surface area (Å²) >= 11 is 1.66. The predicted octanol–water partition coefficient (Wildman–Crippen LogP) is 1.65. The minimum atomic E-state index is -2.85. The molecule has 5 nitrogen and oxygen atoms in total. The van der Waals surface area contributed by atoms with Crippen molar-refractivity contribution in [2.75, 3.05) is 18.1 Å². The Morgan fingerprint density at radius 1 is 1.48 bits per heavy atom. The molecule has 0 saturated carbocycles. The highest BCUT2D eigenvalue weighted by molar-refractivity contribution is 7.91. The average Bonchev–Trinajstić information content (AvgIpc) is 2.77. The minimum absolute atomic E-state index is 0.0709. The van der Waals surface area contributed by atoms with E-state index in [0.717, 1.165) is 23.8 Å². The van der Waals surface area contributed by atoms with Crippen LogP contribution in [-0.4, -0.2) is 47.9 Å². The quantitative estimate of drug-likeness (QED) is 0.909. The van der Waals surface area contributed by atoms with Crippen molar-refractivity contribution in [2.45, 2.75) is 52.4 Å². The SMILES string of the molecule is CC1CS(=O)(=O)CCN1Cc1csc(CNC(C)(C)C)n1. The second kappa shape index (κ2) is 6.32. The Morgan fingerprint density at radius 2 is 2.19 bits per heavy atom. The Morgan fingerprint density at radius 3 is 2.81 bits per heavy atom. The monoisotopic (exact) mass is 331 g/mol. The van der Waals surface area contributed by atoms with Crippen LogP contribution in [0.25, 0.3) is 0 Å². The van der Waals surface area contributed by atoms with Crippen molar-refractivity contribution >= 4 is 21.2 Å². The molecule has 0 amide bonds. The van der Waals surface area contributed by atoms with Crippen LogP contribution in [0.1, 0.15) is 38.4 Å². The van der Waals surface area contributed by atoms with Gasteiger partial charge in [-0.2, -0.15) is 0 Å². The molecule has 1 aliphatic heterocycles. The average molecular weight is 332 g/mol. The summed E-state index contributed by atoms with van der Waals surface area (Å²) in [6.45, 7) is 10.5. The Labute approximate surface area is 131 Å². The van der Waals surface area contributed by atoms with Crippen molar-refractivity contribution in [3.8, 4) is 0 Å². The maximum Gasteiger partial charge on any atom is 0.153 e. The molecule has 2 heterocycles. The van der Waals surface area contributed by atoms with Crippen LogP contribution in [0.2, 0.25) is 0 Å². The first-order valence-electron chi connectivity index (χ1n) is 7.27. The topological polar surface area (TPSA) is 62.3 Å². The van der Waals surface area contributed by atoms with Crippen LogP contribution in [0.3, 0.4) is 0 Å². The maximum atomic E-state index is 11.6. The van der Waals surface area contributed by atoms with Gasteiger partial charge >= 0.3 is 0 Å². The molecule has 1 N–H and O–H groups in total. The molecule has 1 aliphatic rings. The normalized spacial score (nSPS) is 23.3. The molecule has 120 valence electrons.